The number of benzene rings is 2. The van der Waals surface area contributed by atoms with Crippen LogP contribution in [0.5, 0.6) is 0 Å². The van der Waals surface area contributed by atoms with Gasteiger partial charge in [-0.15, -0.1) is 0 Å². The Morgan fingerprint density at radius 1 is 1.09 bits per heavy atom. The monoisotopic (exact) mass is 309 g/mol. The summed E-state index contributed by atoms with van der Waals surface area (Å²) in [5, 5.41) is 12.1. The van der Waals surface area contributed by atoms with Gasteiger partial charge < -0.3 is 10.4 Å². The minimum absolute atomic E-state index is 0.0381. The summed E-state index contributed by atoms with van der Waals surface area (Å²) >= 11 is 0. The molecule has 118 valence electrons. The Hall–Kier alpha value is -2.62. The highest BCUT2D eigenvalue weighted by Gasteiger charge is 2.44. The molecule has 1 aliphatic rings. The van der Waals surface area contributed by atoms with Gasteiger partial charge in [0, 0.05) is 17.5 Å². The van der Waals surface area contributed by atoms with Gasteiger partial charge in [-0.2, -0.15) is 0 Å². The summed E-state index contributed by atoms with van der Waals surface area (Å²) in [5.41, 5.74) is 2.58. The number of aromatic carboxylic acids is 1. The summed E-state index contributed by atoms with van der Waals surface area (Å²) in [6.45, 7) is 2.36. The average molecular weight is 309 g/mol. The summed E-state index contributed by atoms with van der Waals surface area (Å²) in [4.78, 5) is 23.5. The molecule has 4 heteroatoms. The number of rotatable bonds is 5. The highest BCUT2D eigenvalue weighted by Crippen LogP contribution is 2.47. The fourth-order valence-electron chi connectivity index (χ4n) is 2.90. The van der Waals surface area contributed by atoms with E-state index >= 15 is 0 Å². The van der Waals surface area contributed by atoms with Crippen LogP contribution in [0.1, 0.15) is 44.7 Å². The Balaban J connectivity index is 1.72. The van der Waals surface area contributed by atoms with E-state index in [9.17, 15) is 9.59 Å². The molecule has 0 atom stereocenters. The van der Waals surface area contributed by atoms with Gasteiger partial charge in [-0.25, -0.2) is 4.79 Å². The molecule has 1 aliphatic carbocycles. The lowest BCUT2D eigenvalue weighted by Crippen LogP contribution is -2.32. The molecule has 0 spiro atoms. The number of carbonyl (C=O) groups excluding carboxylic acids is 1. The number of aryl methyl sites for hydroxylation is 1. The van der Waals surface area contributed by atoms with Gasteiger partial charge in [-0.1, -0.05) is 30.3 Å². The number of hydrogen-bond acceptors (Lipinski definition) is 2. The molecular weight excluding hydrogens is 290 g/mol. The van der Waals surface area contributed by atoms with Gasteiger partial charge in [0.05, 0.1) is 5.56 Å². The molecule has 4 nitrogen and oxygen atoms in total. The molecule has 1 amide bonds. The van der Waals surface area contributed by atoms with Crippen molar-refractivity contribution in [1.29, 1.82) is 0 Å². The second-order valence-corrected chi connectivity index (χ2v) is 6.22. The number of hydrogen-bond donors (Lipinski definition) is 2. The zero-order chi connectivity index (χ0) is 16.4. The van der Waals surface area contributed by atoms with E-state index in [4.69, 9.17) is 5.11 Å². The normalized spacial score (nSPS) is 15.0. The van der Waals surface area contributed by atoms with Crippen molar-refractivity contribution in [1.82, 2.24) is 5.32 Å². The van der Waals surface area contributed by atoms with E-state index in [1.807, 2.05) is 18.2 Å². The van der Waals surface area contributed by atoms with Gasteiger partial charge in [0.25, 0.3) is 5.91 Å². The summed E-state index contributed by atoms with van der Waals surface area (Å²) < 4.78 is 0. The maximum atomic E-state index is 12.4. The highest BCUT2D eigenvalue weighted by molar-refractivity contribution is 5.97. The third-order valence-corrected chi connectivity index (χ3v) is 4.41. The first-order valence-corrected chi connectivity index (χ1v) is 7.69. The fraction of sp³-hybridized carbons (Fsp3) is 0.263. The van der Waals surface area contributed by atoms with E-state index in [1.54, 1.807) is 19.1 Å². The smallest absolute Gasteiger partial charge is 0.335 e. The lowest BCUT2D eigenvalue weighted by atomic mass is 9.96. The standard InChI is InChI=1S/C19H19NO3/c1-13-9-14(11-15(10-13)18(22)23)17(21)20-12-19(7-8-19)16-5-3-2-4-6-16/h2-6,9-11H,7-8,12H2,1H3,(H,20,21)(H,22,23). The molecule has 23 heavy (non-hydrogen) atoms. The quantitative estimate of drug-likeness (QED) is 0.891. The Bertz CT molecular complexity index is 748. The minimum Gasteiger partial charge on any atom is -0.478 e. The molecule has 2 N–H and O–H groups in total. The van der Waals surface area contributed by atoms with Crippen molar-refractivity contribution < 1.29 is 14.7 Å². The second-order valence-electron chi connectivity index (χ2n) is 6.22. The number of carboxylic acid groups (broad SMARTS) is 1. The SMILES string of the molecule is Cc1cc(C(=O)O)cc(C(=O)NCC2(c3ccccc3)CC2)c1. The molecule has 0 aliphatic heterocycles. The maximum Gasteiger partial charge on any atom is 0.335 e. The van der Waals surface area contributed by atoms with Crippen molar-refractivity contribution >= 4 is 11.9 Å². The van der Waals surface area contributed by atoms with Gasteiger partial charge in [-0.3, -0.25) is 4.79 Å². The molecule has 0 radical (unpaired) electrons. The summed E-state index contributed by atoms with van der Waals surface area (Å²) in [6, 6.07) is 14.9. The van der Waals surface area contributed by atoms with Crippen LogP contribution in [0.2, 0.25) is 0 Å². The topological polar surface area (TPSA) is 66.4 Å². The van der Waals surface area contributed by atoms with Crippen molar-refractivity contribution in [2.45, 2.75) is 25.2 Å². The van der Waals surface area contributed by atoms with Crippen molar-refractivity contribution in [3.63, 3.8) is 0 Å². The zero-order valence-corrected chi connectivity index (χ0v) is 13.0. The van der Waals surface area contributed by atoms with E-state index in [0.29, 0.717) is 12.1 Å². The molecule has 3 rings (SSSR count). The molecule has 2 aromatic carbocycles. The van der Waals surface area contributed by atoms with E-state index in [0.717, 1.165) is 18.4 Å². The van der Waals surface area contributed by atoms with E-state index < -0.39 is 5.97 Å². The lowest BCUT2D eigenvalue weighted by Gasteiger charge is -2.17. The van der Waals surface area contributed by atoms with Crippen LogP contribution in [0.25, 0.3) is 0 Å². The second kappa shape index (κ2) is 5.88. The first kappa shape index (κ1) is 15.3. The highest BCUT2D eigenvalue weighted by atomic mass is 16.4. The molecule has 0 unspecified atom stereocenters. The van der Waals surface area contributed by atoms with Crippen LogP contribution in [0.4, 0.5) is 0 Å². The number of amides is 1. The van der Waals surface area contributed by atoms with Gasteiger partial charge in [-0.05, 0) is 49.1 Å². The Kier molecular flexibility index (Phi) is 3.90. The van der Waals surface area contributed by atoms with E-state index in [-0.39, 0.29) is 16.9 Å². The van der Waals surface area contributed by atoms with Crippen molar-refractivity contribution in [3.8, 4) is 0 Å². The summed E-state index contributed by atoms with van der Waals surface area (Å²) in [7, 11) is 0. The molecule has 0 bridgehead atoms. The van der Waals surface area contributed by atoms with Gasteiger partial charge in [0.2, 0.25) is 0 Å². The van der Waals surface area contributed by atoms with Crippen molar-refractivity contribution in [2.75, 3.05) is 6.54 Å². The van der Waals surface area contributed by atoms with Crippen molar-refractivity contribution in [2.24, 2.45) is 0 Å². The summed E-state index contributed by atoms with van der Waals surface area (Å²) in [6.07, 6.45) is 2.12. The third-order valence-electron chi connectivity index (χ3n) is 4.41. The van der Waals surface area contributed by atoms with Crippen LogP contribution in [0, 0.1) is 6.92 Å². The minimum atomic E-state index is -1.02. The lowest BCUT2D eigenvalue weighted by molar-refractivity contribution is 0.0696. The Morgan fingerprint density at radius 2 is 1.74 bits per heavy atom. The molecular formula is C19H19NO3. The third kappa shape index (κ3) is 3.26. The van der Waals surface area contributed by atoms with Crippen LogP contribution in [0.15, 0.2) is 48.5 Å². The first-order chi connectivity index (χ1) is 11.0. The maximum absolute atomic E-state index is 12.4. The van der Waals surface area contributed by atoms with Crippen molar-refractivity contribution in [3.05, 3.63) is 70.8 Å². The fourth-order valence-corrected chi connectivity index (χ4v) is 2.90. The number of nitrogens with one attached hydrogen (secondary N) is 1. The molecule has 0 heterocycles. The molecule has 2 aromatic rings. The number of carbonyl (C=O) groups is 2. The molecule has 1 saturated carbocycles. The van der Waals surface area contributed by atoms with Crippen LogP contribution < -0.4 is 5.32 Å². The van der Waals surface area contributed by atoms with E-state index in [1.165, 1.54) is 11.6 Å². The predicted octanol–water partition coefficient (Wildman–Crippen LogP) is 3.15. The summed E-state index contributed by atoms with van der Waals surface area (Å²) in [5.74, 6) is -1.25. The Morgan fingerprint density at radius 3 is 2.35 bits per heavy atom. The Labute approximate surface area is 135 Å². The average Bonchev–Trinajstić information content (AvgIpc) is 3.34. The van der Waals surface area contributed by atoms with E-state index in [2.05, 4.69) is 17.4 Å². The van der Waals surface area contributed by atoms with Crippen LogP contribution in [0.3, 0.4) is 0 Å². The molecule has 0 aromatic heterocycles. The van der Waals surface area contributed by atoms with Crippen LogP contribution >= 0.6 is 0 Å². The molecule has 1 fully saturated rings. The van der Waals surface area contributed by atoms with Gasteiger partial charge in [0.1, 0.15) is 0 Å². The van der Waals surface area contributed by atoms with Crippen LogP contribution in [-0.2, 0) is 5.41 Å². The largest absolute Gasteiger partial charge is 0.478 e. The first-order valence-electron chi connectivity index (χ1n) is 7.69. The zero-order valence-electron chi connectivity index (χ0n) is 13.0. The van der Waals surface area contributed by atoms with Gasteiger partial charge in [0.15, 0.2) is 0 Å². The van der Waals surface area contributed by atoms with Crippen LogP contribution in [-0.4, -0.2) is 23.5 Å². The number of carboxylic acids is 1. The van der Waals surface area contributed by atoms with Gasteiger partial charge >= 0.3 is 5.97 Å². The molecule has 0 saturated heterocycles. The predicted molar refractivity (Wildman–Crippen MR) is 87.8 cm³/mol.